The van der Waals surface area contributed by atoms with E-state index < -0.39 is 6.23 Å². The summed E-state index contributed by atoms with van der Waals surface area (Å²) in [7, 11) is 0. The normalized spacial score (nSPS) is 13.1. The fourth-order valence-corrected chi connectivity index (χ4v) is 0.991. The van der Waals surface area contributed by atoms with E-state index in [0.717, 1.165) is 5.82 Å². The van der Waals surface area contributed by atoms with Crippen molar-refractivity contribution in [3.63, 3.8) is 0 Å². The van der Waals surface area contributed by atoms with Gasteiger partial charge in [0.05, 0.1) is 5.51 Å². The molecule has 1 atom stereocenters. The van der Waals surface area contributed by atoms with Crippen LogP contribution in [0.15, 0.2) is 10.9 Å². The van der Waals surface area contributed by atoms with Gasteiger partial charge in [-0.15, -0.1) is 11.3 Å². The highest BCUT2D eigenvalue weighted by molar-refractivity contribution is 7.07. The number of hydrogen-bond acceptors (Lipinski definition) is 4. The Morgan fingerprint density at radius 3 is 3.11 bits per heavy atom. The third-order valence-electron chi connectivity index (χ3n) is 0.789. The Balaban J connectivity index is 2.48. The van der Waals surface area contributed by atoms with Gasteiger partial charge < -0.3 is 10.4 Å². The Hall–Kier alpha value is -0.610. The molecule has 0 saturated carbocycles. The number of rotatable bonds is 2. The zero-order chi connectivity index (χ0) is 6.69. The predicted molar refractivity (Wildman–Crippen MR) is 37.4 cm³/mol. The number of thiazole rings is 1. The fraction of sp³-hybridized carbons (Fsp3) is 0.400. The molecule has 1 rings (SSSR count). The molecule has 3 nitrogen and oxygen atoms in total. The number of aromatic nitrogens is 1. The first-order valence-corrected chi connectivity index (χ1v) is 3.56. The average molecular weight is 144 g/mol. The largest absolute Gasteiger partial charge is 0.374 e. The summed E-state index contributed by atoms with van der Waals surface area (Å²) in [5.41, 5.74) is 1.71. The van der Waals surface area contributed by atoms with Crippen LogP contribution in [0, 0.1) is 0 Å². The summed E-state index contributed by atoms with van der Waals surface area (Å²) < 4.78 is 0. The average Bonchev–Trinajstić information content (AvgIpc) is 2.15. The number of aliphatic hydroxyl groups excluding tert-OH is 1. The van der Waals surface area contributed by atoms with Crippen molar-refractivity contribution < 1.29 is 5.11 Å². The van der Waals surface area contributed by atoms with Crippen molar-refractivity contribution >= 4 is 17.2 Å². The van der Waals surface area contributed by atoms with E-state index in [-0.39, 0.29) is 0 Å². The summed E-state index contributed by atoms with van der Waals surface area (Å²) >= 11 is 1.50. The number of nitrogens with one attached hydrogen (secondary N) is 1. The summed E-state index contributed by atoms with van der Waals surface area (Å²) in [6.45, 7) is 1.65. The maximum absolute atomic E-state index is 8.78. The minimum absolute atomic E-state index is 0.521. The molecule has 0 saturated heterocycles. The molecule has 0 aromatic carbocycles. The Kier molecular flexibility index (Phi) is 2.02. The van der Waals surface area contributed by atoms with Gasteiger partial charge in [-0.05, 0) is 6.92 Å². The highest BCUT2D eigenvalue weighted by Crippen LogP contribution is 2.06. The molecule has 1 aromatic rings. The van der Waals surface area contributed by atoms with Crippen LogP contribution in [-0.2, 0) is 0 Å². The quantitative estimate of drug-likeness (QED) is 0.606. The van der Waals surface area contributed by atoms with Crippen LogP contribution in [0.3, 0.4) is 0 Å². The SMILES string of the molecule is CC(O)Nc1cscn1. The molecule has 1 unspecified atom stereocenters. The second kappa shape index (κ2) is 2.80. The first kappa shape index (κ1) is 6.51. The van der Waals surface area contributed by atoms with E-state index in [2.05, 4.69) is 10.3 Å². The monoisotopic (exact) mass is 144 g/mol. The van der Waals surface area contributed by atoms with Gasteiger partial charge in [0.2, 0.25) is 0 Å². The first-order chi connectivity index (χ1) is 4.29. The van der Waals surface area contributed by atoms with Crippen molar-refractivity contribution in [1.82, 2.24) is 4.98 Å². The van der Waals surface area contributed by atoms with E-state index in [0.29, 0.717) is 0 Å². The van der Waals surface area contributed by atoms with Gasteiger partial charge in [0.15, 0.2) is 0 Å². The standard InChI is InChI=1S/C5H8N2OS/c1-4(8)7-5-2-9-3-6-5/h2-4,7-8H,1H3. The lowest BCUT2D eigenvalue weighted by atomic mass is 10.6. The van der Waals surface area contributed by atoms with Crippen LogP contribution in [0.2, 0.25) is 0 Å². The fourth-order valence-electron chi connectivity index (χ4n) is 0.498. The summed E-state index contributed by atoms with van der Waals surface area (Å²) in [4.78, 5) is 3.90. The lowest BCUT2D eigenvalue weighted by Gasteiger charge is -2.03. The zero-order valence-electron chi connectivity index (χ0n) is 5.03. The van der Waals surface area contributed by atoms with Gasteiger partial charge in [0.1, 0.15) is 12.0 Å². The van der Waals surface area contributed by atoms with Crippen molar-refractivity contribution in [2.45, 2.75) is 13.2 Å². The van der Waals surface area contributed by atoms with Crippen molar-refractivity contribution in [3.8, 4) is 0 Å². The molecule has 50 valence electrons. The molecule has 9 heavy (non-hydrogen) atoms. The van der Waals surface area contributed by atoms with Gasteiger partial charge in [-0.2, -0.15) is 0 Å². The molecule has 0 aliphatic carbocycles. The highest BCUT2D eigenvalue weighted by atomic mass is 32.1. The maximum Gasteiger partial charge on any atom is 0.138 e. The second-order valence-electron chi connectivity index (χ2n) is 1.69. The molecule has 4 heteroatoms. The highest BCUT2D eigenvalue weighted by Gasteiger charge is 1.94. The van der Waals surface area contributed by atoms with Gasteiger partial charge in [-0.1, -0.05) is 0 Å². The smallest absolute Gasteiger partial charge is 0.138 e. The minimum Gasteiger partial charge on any atom is -0.374 e. The van der Waals surface area contributed by atoms with Crippen LogP contribution in [-0.4, -0.2) is 16.3 Å². The van der Waals surface area contributed by atoms with Crippen LogP contribution in [0.4, 0.5) is 5.82 Å². The lowest BCUT2D eigenvalue weighted by Crippen LogP contribution is -2.13. The zero-order valence-corrected chi connectivity index (χ0v) is 5.85. The Bertz CT molecular complexity index is 161. The number of anilines is 1. The molecule has 0 fully saturated rings. The second-order valence-corrected chi connectivity index (χ2v) is 2.41. The summed E-state index contributed by atoms with van der Waals surface area (Å²) in [6.07, 6.45) is -0.521. The van der Waals surface area contributed by atoms with Gasteiger partial charge >= 0.3 is 0 Å². The molecular weight excluding hydrogens is 136 g/mol. The molecule has 0 amide bonds. The van der Waals surface area contributed by atoms with Crippen LogP contribution in [0.25, 0.3) is 0 Å². The van der Waals surface area contributed by atoms with Crippen molar-refractivity contribution in [3.05, 3.63) is 10.9 Å². The predicted octanol–water partition coefficient (Wildman–Crippen LogP) is 0.893. The van der Waals surface area contributed by atoms with Gasteiger partial charge in [0, 0.05) is 5.38 Å². The topological polar surface area (TPSA) is 45.1 Å². The summed E-state index contributed by atoms with van der Waals surface area (Å²) in [5, 5.41) is 13.4. The Labute approximate surface area is 57.4 Å². The van der Waals surface area contributed by atoms with Crippen LogP contribution < -0.4 is 5.32 Å². The molecule has 0 radical (unpaired) electrons. The molecular formula is C5H8N2OS. The van der Waals surface area contributed by atoms with Crippen molar-refractivity contribution in [1.29, 1.82) is 0 Å². The Morgan fingerprint density at radius 1 is 1.89 bits per heavy atom. The van der Waals surface area contributed by atoms with E-state index in [1.165, 1.54) is 11.3 Å². The van der Waals surface area contributed by atoms with Gasteiger partial charge in [0.25, 0.3) is 0 Å². The van der Waals surface area contributed by atoms with Crippen LogP contribution >= 0.6 is 11.3 Å². The molecule has 0 aliphatic heterocycles. The molecule has 1 aromatic heterocycles. The van der Waals surface area contributed by atoms with E-state index in [4.69, 9.17) is 5.11 Å². The Morgan fingerprint density at radius 2 is 2.67 bits per heavy atom. The van der Waals surface area contributed by atoms with Crippen LogP contribution in [0.1, 0.15) is 6.92 Å². The van der Waals surface area contributed by atoms with Crippen molar-refractivity contribution in [2.75, 3.05) is 5.32 Å². The van der Waals surface area contributed by atoms with Gasteiger partial charge in [-0.3, -0.25) is 0 Å². The first-order valence-electron chi connectivity index (χ1n) is 2.62. The molecule has 0 aliphatic rings. The molecule has 1 heterocycles. The van der Waals surface area contributed by atoms with Gasteiger partial charge in [-0.25, -0.2) is 4.98 Å². The van der Waals surface area contributed by atoms with Crippen molar-refractivity contribution in [2.24, 2.45) is 0 Å². The number of nitrogens with zero attached hydrogens (tertiary/aromatic N) is 1. The minimum atomic E-state index is -0.521. The van der Waals surface area contributed by atoms with E-state index in [1.54, 1.807) is 12.4 Å². The summed E-state index contributed by atoms with van der Waals surface area (Å²) in [6, 6.07) is 0. The van der Waals surface area contributed by atoms with E-state index in [1.807, 2.05) is 5.38 Å². The number of hydrogen-bond donors (Lipinski definition) is 2. The lowest BCUT2D eigenvalue weighted by molar-refractivity contribution is 0.224. The molecule has 0 bridgehead atoms. The van der Waals surface area contributed by atoms with E-state index in [9.17, 15) is 0 Å². The molecule has 2 N–H and O–H groups in total. The summed E-state index contributed by atoms with van der Waals surface area (Å²) in [5.74, 6) is 0.731. The maximum atomic E-state index is 8.78. The number of aliphatic hydroxyl groups is 1. The third kappa shape index (κ3) is 1.99. The van der Waals surface area contributed by atoms with E-state index >= 15 is 0 Å². The molecule has 0 spiro atoms. The van der Waals surface area contributed by atoms with Crippen LogP contribution in [0.5, 0.6) is 0 Å². The third-order valence-corrected chi connectivity index (χ3v) is 1.38.